The number of carbonyl (C=O) groups is 3. The van der Waals surface area contributed by atoms with Crippen LogP contribution in [0.2, 0.25) is 0 Å². The molecule has 0 saturated carbocycles. The van der Waals surface area contributed by atoms with E-state index in [4.69, 9.17) is 0 Å². The summed E-state index contributed by atoms with van der Waals surface area (Å²) in [6.45, 7) is 3.41. The zero-order valence-corrected chi connectivity index (χ0v) is 16.3. The molecule has 0 aliphatic carbocycles. The molecule has 3 rings (SSSR count). The van der Waals surface area contributed by atoms with Crippen molar-refractivity contribution in [2.75, 3.05) is 13.1 Å². The van der Waals surface area contributed by atoms with Gasteiger partial charge < -0.3 is 4.90 Å². The molecular weight excluding hydrogens is 360 g/mol. The Kier molecular flexibility index (Phi) is 6.40. The van der Waals surface area contributed by atoms with Crippen LogP contribution in [-0.2, 0) is 27.3 Å². The second-order valence-electron chi connectivity index (χ2n) is 6.75. The summed E-state index contributed by atoms with van der Waals surface area (Å²) in [5.41, 5.74) is 1.18. The number of hydrogen-bond donors (Lipinski definition) is 0. The molecule has 1 aromatic carbocycles. The first-order valence-corrected chi connectivity index (χ1v) is 10.0. The number of carbonyl (C=O) groups excluding carboxylic acids is 3. The molecule has 27 heavy (non-hydrogen) atoms. The molecule has 1 fully saturated rings. The number of imide groups is 1. The number of hydrogen-bond acceptors (Lipinski definition) is 4. The van der Waals surface area contributed by atoms with Crippen LogP contribution < -0.4 is 0 Å². The predicted octanol–water partition coefficient (Wildman–Crippen LogP) is 3.17. The van der Waals surface area contributed by atoms with E-state index in [1.54, 1.807) is 11.3 Å². The zero-order valence-electron chi connectivity index (χ0n) is 15.5. The third-order valence-corrected chi connectivity index (χ3v) is 5.70. The molecule has 142 valence electrons. The lowest BCUT2D eigenvalue weighted by Gasteiger charge is -2.23. The van der Waals surface area contributed by atoms with E-state index >= 15 is 0 Å². The molecule has 1 aromatic heterocycles. The van der Waals surface area contributed by atoms with Crippen molar-refractivity contribution in [3.05, 3.63) is 57.8 Å². The van der Waals surface area contributed by atoms with Gasteiger partial charge in [-0.2, -0.15) is 0 Å². The highest BCUT2D eigenvalue weighted by Gasteiger charge is 2.29. The van der Waals surface area contributed by atoms with Crippen molar-refractivity contribution >= 4 is 29.1 Å². The molecule has 0 unspecified atom stereocenters. The van der Waals surface area contributed by atoms with Crippen molar-refractivity contribution in [2.45, 2.75) is 39.2 Å². The molecule has 0 N–H and O–H groups in total. The summed E-state index contributed by atoms with van der Waals surface area (Å²) in [7, 11) is 0. The maximum Gasteiger partial charge on any atom is 0.229 e. The molecule has 3 amide bonds. The topological polar surface area (TPSA) is 57.7 Å². The first-order valence-electron chi connectivity index (χ1n) is 9.23. The summed E-state index contributed by atoms with van der Waals surface area (Å²) in [5, 5.41) is 0. The van der Waals surface area contributed by atoms with Crippen LogP contribution in [0.4, 0.5) is 0 Å². The van der Waals surface area contributed by atoms with Crippen LogP contribution in [0.5, 0.6) is 0 Å². The summed E-state index contributed by atoms with van der Waals surface area (Å²) in [6.07, 6.45) is 1.48. The minimum atomic E-state index is -0.169. The van der Waals surface area contributed by atoms with Gasteiger partial charge in [0.15, 0.2) is 0 Å². The molecule has 2 aromatic rings. The van der Waals surface area contributed by atoms with Gasteiger partial charge in [-0.15, -0.1) is 11.3 Å². The third kappa shape index (κ3) is 5.26. The van der Waals surface area contributed by atoms with Gasteiger partial charge in [-0.05, 0) is 31.0 Å². The highest BCUT2D eigenvalue weighted by atomic mass is 32.1. The lowest BCUT2D eigenvalue weighted by Crippen LogP contribution is -2.37. The van der Waals surface area contributed by atoms with Crippen LogP contribution in [0, 0.1) is 6.92 Å². The number of benzene rings is 1. The average Bonchev–Trinajstić information content (AvgIpc) is 3.22. The third-order valence-electron chi connectivity index (χ3n) is 4.71. The summed E-state index contributed by atoms with van der Waals surface area (Å²) in [5.74, 6) is -0.362. The van der Waals surface area contributed by atoms with Gasteiger partial charge in [0.1, 0.15) is 0 Å². The number of nitrogens with zero attached hydrogens (tertiary/aromatic N) is 2. The standard InChI is InChI=1S/C21H24N2O3S/c1-16-7-8-18(27-16)15-22(13-11-17-5-3-2-4-6-17)19(24)12-14-23-20(25)9-10-21(23)26/h2-8H,9-15H2,1H3. The van der Waals surface area contributed by atoms with Crippen molar-refractivity contribution < 1.29 is 14.4 Å². The van der Waals surface area contributed by atoms with Gasteiger partial charge in [0.25, 0.3) is 0 Å². The van der Waals surface area contributed by atoms with E-state index in [-0.39, 0.29) is 43.5 Å². The Balaban J connectivity index is 1.63. The van der Waals surface area contributed by atoms with Crippen molar-refractivity contribution in [3.8, 4) is 0 Å². The first-order chi connectivity index (χ1) is 13.0. The van der Waals surface area contributed by atoms with E-state index in [9.17, 15) is 14.4 Å². The Morgan fingerprint density at radius 2 is 1.78 bits per heavy atom. The van der Waals surface area contributed by atoms with E-state index in [0.29, 0.717) is 13.1 Å². The summed E-state index contributed by atoms with van der Waals surface area (Å²) < 4.78 is 0. The molecule has 2 heterocycles. The molecule has 0 bridgehead atoms. The van der Waals surface area contributed by atoms with Crippen molar-refractivity contribution in [2.24, 2.45) is 0 Å². The molecule has 1 aliphatic heterocycles. The second kappa shape index (κ2) is 8.95. The number of likely N-dealkylation sites (tertiary alicyclic amines) is 1. The van der Waals surface area contributed by atoms with Crippen LogP contribution in [0.1, 0.15) is 34.6 Å². The minimum absolute atomic E-state index is 0.0236. The lowest BCUT2D eigenvalue weighted by atomic mass is 10.1. The van der Waals surface area contributed by atoms with Crippen LogP contribution in [-0.4, -0.2) is 40.6 Å². The maximum atomic E-state index is 12.8. The fourth-order valence-electron chi connectivity index (χ4n) is 3.20. The van der Waals surface area contributed by atoms with E-state index < -0.39 is 0 Å². The molecule has 1 aliphatic rings. The Hall–Kier alpha value is -2.47. The Morgan fingerprint density at radius 1 is 1.07 bits per heavy atom. The molecular formula is C21H24N2O3S. The van der Waals surface area contributed by atoms with Crippen molar-refractivity contribution in [1.82, 2.24) is 9.80 Å². The Morgan fingerprint density at radius 3 is 2.41 bits per heavy atom. The normalized spacial score (nSPS) is 14.0. The number of rotatable bonds is 8. The van der Waals surface area contributed by atoms with Gasteiger partial charge in [-0.1, -0.05) is 30.3 Å². The van der Waals surface area contributed by atoms with Crippen LogP contribution >= 0.6 is 11.3 Å². The van der Waals surface area contributed by atoms with E-state index in [2.05, 4.69) is 31.2 Å². The van der Waals surface area contributed by atoms with Gasteiger partial charge in [0.05, 0.1) is 6.54 Å². The van der Waals surface area contributed by atoms with E-state index in [1.807, 2.05) is 23.1 Å². The summed E-state index contributed by atoms with van der Waals surface area (Å²) >= 11 is 1.69. The summed E-state index contributed by atoms with van der Waals surface area (Å²) in [4.78, 5) is 41.8. The van der Waals surface area contributed by atoms with Gasteiger partial charge in [0, 0.05) is 42.1 Å². The highest BCUT2D eigenvalue weighted by Crippen LogP contribution is 2.19. The Bertz CT molecular complexity index is 800. The fraction of sp³-hybridized carbons (Fsp3) is 0.381. The molecule has 5 nitrogen and oxygen atoms in total. The SMILES string of the molecule is Cc1ccc(CN(CCc2ccccc2)C(=O)CCN2C(=O)CCC2=O)s1. The van der Waals surface area contributed by atoms with Crippen LogP contribution in [0.15, 0.2) is 42.5 Å². The van der Waals surface area contributed by atoms with E-state index in [1.165, 1.54) is 15.3 Å². The quantitative estimate of drug-likeness (QED) is 0.657. The maximum absolute atomic E-state index is 12.8. The van der Waals surface area contributed by atoms with Crippen molar-refractivity contribution in [1.29, 1.82) is 0 Å². The second-order valence-corrected chi connectivity index (χ2v) is 8.12. The van der Waals surface area contributed by atoms with Crippen LogP contribution in [0.3, 0.4) is 0 Å². The Labute approximate surface area is 163 Å². The smallest absolute Gasteiger partial charge is 0.229 e. The zero-order chi connectivity index (χ0) is 19.2. The van der Waals surface area contributed by atoms with Crippen LogP contribution in [0.25, 0.3) is 0 Å². The fourth-order valence-corrected chi connectivity index (χ4v) is 4.10. The minimum Gasteiger partial charge on any atom is -0.337 e. The van der Waals surface area contributed by atoms with Gasteiger partial charge in [0.2, 0.25) is 17.7 Å². The first kappa shape index (κ1) is 19.3. The van der Waals surface area contributed by atoms with E-state index in [0.717, 1.165) is 11.3 Å². The van der Waals surface area contributed by atoms with Gasteiger partial charge in [-0.3, -0.25) is 19.3 Å². The molecule has 0 radical (unpaired) electrons. The average molecular weight is 385 g/mol. The van der Waals surface area contributed by atoms with Gasteiger partial charge in [-0.25, -0.2) is 0 Å². The molecule has 0 spiro atoms. The molecule has 1 saturated heterocycles. The molecule has 6 heteroatoms. The summed E-state index contributed by atoms with van der Waals surface area (Å²) in [6, 6.07) is 14.2. The number of thiophene rings is 1. The monoisotopic (exact) mass is 384 g/mol. The highest BCUT2D eigenvalue weighted by molar-refractivity contribution is 7.11. The van der Waals surface area contributed by atoms with Gasteiger partial charge >= 0.3 is 0 Å². The number of aryl methyl sites for hydroxylation is 1. The largest absolute Gasteiger partial charge is 0.337 e. The van der Waals surface area contributed by atoms with Crippen molar-refractivity contribution in [3.63, 3.8) is 0 Å². The lowest BCUT2D eigenvalue weighted by molar-refractivity contribution is -0.139. The number of amides is 3. The molecule has 0 atom stereocenters. The predicted molar refractivity (Wildman–Crippen MR) is 105 cm³/mol.